The molecule has 0 aliphatic rings. The van der Waals surface area contributed by atoms with E-state index < -0.39 is 66.0 Å². The van der Waals surface area contributed by atoms with Gasteiger partial charge in [0.15, 0.2) is 11.2 Å². The normalized spacial score (nSPS) is 16.8. The number of aromatic nitrogens is 3. The first-order valence-electron chi connectivity index (χ1n) is 13.0. The van der Waals surface area contributed by atoms with Gasteiger partial charge in [-0.2, -0.15) is 4.98 Å². The summed E-state index contributed by atoms with van der Waals surface area (Å²) in [6.45, 7) is -8.70. The molecule has 1 atom stereocenters. The molecule has 2 heterocycles. The van der Waals surface area contributed by atoms with Gasteiger partial charge in [-0.3, -0.25) is 4.79 Å². The van der Waals surface area contributed by atoms with Crippen LogP contribution in [0.1, 0.15) is 36.6 Å². The van der Waals surface area contributed by atoms with Gasteiger partial charge in [-0.1, -0.05) is 24.3 Å². The van der Waals surface area contributed by atoms with Crippen LogP contribution < -0.4 is 11.1 Å². The van der Waals surface area contributed by atoms with E-state index in [2.05, 4.69) is 10.1 Å². The van der Waals surface area contributed by atoms with E-state index in [-0.39, 0.29) is 22.7 Å². The van der Waals surface area contributed by atoms with Crippen molar-refractivity contribution < 1.29 is 35.7 Å². The van der Waals surface area contributed by atoms with Crippen LogP contribution in [0.4, 0.5) is 23.5 Å². The zero-order chi connectivity index (χ0) is 30.5. The fraction of sp³-hybridized carbons (Fsp3) is 0.208. The van der Waals surface area contributed by atoms with Crippen molar-refractivity contribution in [3.05, 3.63) is 83.1 Å². The fourth-order valence-electron chi connectivity index (χ4n) is 3.40. The highest BCUT2D eigenvalue weighted by Crippen LogP contribution is 2.37. The quantitative estimate of drug-likeness (QED) is 0.354. The van der Waals surface area contributed by atoms with Crippen LogP contribution in [0.5, 0.6) is 0 Å². The van der Waals surface area contributed by atoms with E-state index in [4.69, 9.17) is 14.0 Å². The molecular weight excluding hydrogens is 466 g/mol. The number of anilines is 1. The Morgan fingerprint density at radius 3 is 2.63 bits per heavy atom. The summed E-state index contributed by atoms with van der Waals surface area (Å²) in [6, 6.07) is 7.33. The van der Waals surface area contributed by atoms with Gasteiger partial charge in [-0.05, 0) is 54.7 Å². The Hall–Kier alpha value is -3.99. The summed E-state index contributed by atoms with van der Waals surface area (Å²) in [5.41, 5.74) is -1.13. The Morgan fingerprint density at radius 1 is 1.20 bits per heavy atom. The van der Waals surface area contributed by atoms with Crippen LogP contribution in [-0.4, -0.2) is 38.1 Å². The maximum absolute atomic E-state index is 15.8. The van der Waals surface area contributed by atoms with Gasteiger partial charge in [0.05, 0.1) is 12.1 Å². The monoisotopic (exact) mass is 493 g/mol. The Kier molecular flexibility index (Phi) is 4.32. The number of fused-ring (bicyclic) bond motifs is 1. The summed E-state index contributed by atoms with van der Waals surface area (Å²) < 4.78 is 107. The topological polar surface area (TPSA) is 106 Å². The van der Waals surface area contributed by atoms with E-state index in [0.29, 0.717) is 24.3 Å². The lowest BCUT2D eigenvalue weighted by Gasteiger charge is -2.33. The SMILES string of the molecule is [2H]C([2H])([2H])c1ccc(-c2ccn3nc(N)nc3c2)c(F)c1C(=O)NCC(F)(F)C(O)(c1ccc(F)cc1)C([2H])([2H])[2H]. The van der Waals surface area contributed by atoms with Gasteiger partial charge in [-0.15, -0.1) is 5.10 Å². The van der Waals surface area contributed by atoms with E-state index in [1.165, 1.54) is 22.8 Å². The molecule has 0 bridgehead atoms. The molecule has 0 aliphatic carbocycles. The Morgan fingerprint density at radius 2 is 1.94 bits per heavy atom. The third-order valence-electron chi connectivity index (χ3n) is 5.30. The second kappa shape index (κ2) is 8.66. The van der Waals surface area contributed by atoms with Crippen molar-refractivity contribution in [3.63, 3.8) is 0 Å². The molecule has 0 aliphatic heterocycles. The minimum atomic E-state index is -4.64. The second-order valence-corrected chi connectivity index (χ2v) is 7.64. The summed E-state index contributed by atoms with van der Waals surface area (Å²) in [4.78, 5) is 17.0. The number of carbonyl (C=O) groups excluding carboxylic acids is 1. The van der Waals surface area contributed by atoms with E-state index >= 15 is 13.2 Å². The highest BCUT2D eigenvalue weighted by atomic mass is 19.3. The highest BCUT2D eigenvalue weighted by molar-refractivity contribution is 5.97. The number of pyridine rings is 1. The van der Waals surface area contributed by atoms with Crippen LogP contribution in [0.3, 0.4) is 0 Å². The number of benzene rings is 2. The molecule has 2 aromatic heterocycles. The number of aryl methyl sites for hydroxylation is 1. The van der Waals surface area contributed by atoms with E-state index in [0.717, 1.165) is 12.1 Å². The third kappa shape index (κ3) is 4.42. The van der Waals surface area contributed by atoms with Gasteiger partial charge in [-0.25, -0.2) is 22.1 Å². The zero-order valence-corrected chi connectivity index (χ0v) is 17.7. The minimum Gasteiger partial charge on any atom is -0.379 e. The van der Waals surface area contributed by atoms with Crippen molar-refractivity contribution in [2.24, 2.45) is 0 Å². The molecule has 0 spiro atoms. The molecule has 7 nitrogen and oxygen atoms in total. The number of hydrogen-bond acceptors (Lipinski definition) is 5. The van der Waals surface area contributed by atoms with Gasteiger partial charge in [0.25, 0.3) is 11.8 Å². The number of rotatable bonds is 6. The van der Waals surface area contributed by atoms with Crippen molar-refractivity contribution in [1.29, 1.82) is 0 Å². The number of nitrogens with two attached hydrogens (primary N) is 1. The molecule has 1 amide bonds. The summed E-state index contributed by atoms with van der Waals surface area (Å²) in [7, 11) is 0. The van der Waals surface area contributed by atoms with Crippen molar-refractivity contribution in [2.75, 3.05) is 12.3 Å². The summed E-state index contributed by atoms with van der Waals surface area (Å²) in [5, 5.41) is 16.3. The first kappa shape index (κ1) is 17.4. The smallest absolute Gasteiger partial charge is 0.296 e. The molecule has 35 heavy (non-hydrogen) atoms. The number of aliphatic hydroxyl groups is 1. The lowest BCUT2D eigenvalue weighted by atomic mass is 9.89. The summed E-state index contributed by atoms with van der Waals surface area (Å²) in [5.74, 6) is -8.61. The number of nitrogens with one attached hydrogen (secondary N) is 1. The van der Waals surface area contributed by atoms with E-state index in [1.807, 2.05) is 0 Å². The predicted octanol–water partition coefficient (Wildman–Crippen LogP) is 3.84. The molecule has 0 radical (unpaired) electrons. The number of amides is 1. The largest absolute Gasteiger partial charge is 0.379 e. The van der Waals surface area contributed by atoms with Crippen LogP contribution in [0.15, 0.2) is 54.7 Å². The van der Waals surface area contributed by atoms with Crippen LogP contribution in [0.2, 0.25) is 0 Å². The maximum atomic E-state index is 15.8. The molecular formula is C24H21F4N5O2. The average Bonchev–Trinajstić information content (AvgIpc) is 3.25. The lowest BCUT2D eigenvalue weighted by molar-refractivity contribution is -0.173. The van der Waals surface area contributed by atoms with Crippen LogP contribution in [-0.2, 0) is 5.60 Å². The van der Waals surface area contributed by atoms with Crippen molar-refractivity contribution in [1.82, 2.24) is 19.9 Å². The number of halogens is 4. The first-order valence-corrected chi connectivity index (χ1v) is 9.96. The standard InChI is InChI=1S/C24H21F4N5O2/c1-13-3-8-17(14-9-10-33-18(11-14)31-22(29)32-33)20(26)19(13)21(34)30-12-24(27,28)23(2,35)15-4-6-16(25)7-5-15/h3-11,35H,12H2,1-2H3,(H2,29,32)(H,30,34)/i1D3,2D3. The molecule has 1 unspecified atom stereocenters. The number of nitrogens with zero attached hydrogens (tertiary/aromatic N) is 3. The van der Waals surface area contributed by atoms with Crippen molar-refractivity contribution in [2.45, 2.75) is 25.2 Å². The molecule has 0 fully saturated rings. The van der Waals surface area contributed by atoms with Gasteiger partial charge in [0.1, 0.15) is 11.6 Å². The van der Waals surface area contributed by atoms with E-state index in [9.17, 15) is 14.3 Å². The van der Waals surface area contributed by atoms with Crippen LogP contribution in [0, 0.1) is 18.5 Å². The maximum Gasteiger partial charge on any atom is 0.296 e. The molecule has 182 valence electrons. The van der Waals surface area contributed by atoms with Crippen LogP contribution in [0.25, 0.3) is 16.8 Å². The molecule has 0 saturated carbocycles. The molecule has 2 aromatic carbocycles. The zero-order valence-electron chi connectivity index (χ0n) is 23.7. The number of carbonyl (C=O) groups is 1. The molecule has 11 heteroatoms. The predicted molar refractivity (Wildman–Crippen MR) is 121 cm³/mol. The summed E-state index contributed by atoms with van der Waals surface area (Å²) in [6.07, 6.45) is 1.37. The fourth-order valence-corrected chi connectivity index (χ4v) is 3.40. The molecule has 4 aromatic rings. The van der Waals surface area contributed by atoms with Gasteiger partial charge < -0.3 is 16.2 Å². The summed E-state index contributed by atoms with van der Waals surface area (Å²) >= 11 is 0. The number of hydrogen-bond donors (Lipinski definition) is 3. The molecule has 0 saturated heterocycles. The van der Waals surface area contributed by atoms with Crippen molar-refractivity contribution >= 4 is 17.5 Å². The van der Waals surface area contributed by atoms with Crippen molar-refractivity contribution in [3.8, 4) is 11.1 Å². The molecule has 4 N–H and O–H groups in total. The van der Waals surface area contributed by atoms with Gasteiger partial charge in [0, 0.05) is 20.0 Å². The average molecular weight is 493 g/mol. The van der Waals surface area contributed by atoms with E-state index in [1.54, 1.807) is 5.32 Å². The molecule has 4 rings (SSSR count). The third-order valence-corrected chi connectivity index (χ3v) is 5.30. The van der Waals surface area contributed by atoms with Gasteiger partial charge in [0.2, 0.25) is 5.95 Å². The minimum absolute atomic E-state index is 0.0842. The number of nitrogen functional groups attached to an aromatic ring is 1. The number of alkyl halides is 2. The Balaban J connectivity index is 1.74. The van der Waals surface area contributed by atoms with Gasteiger partial charge >= 0.3 is 0 Å². The lowest BCUT2D eigenvalue weighted by Crippen LogP contribution is -2.50. The van der Waals surface area contributed by atoms with Crippen LogP contribution >= 0.6 is 0 Å². The second-order valence-electron chi connectivity index (χ2n) is 7.64. The Bertz CT molecular complexity index is 1630. The first-order chi connectivity index (χ1) is 18.9. The highest BCUT2D eigenvalue weighted by Gasteiger charge is 2.50. The Labute approximate surface area is 205 Å².